The maximum atomic E-state index is 12.5. The highest BCUT2D eigenvalue weighted by molar-refractivity contribution is 7.89. The van der Waals surface area contributed by atoms with Crippen molar-refractivity contribution >= 4 is 15.9 Å². The van der Waals surface area contributed by atoms with E-state index in [4.69, 9.17) is 5.73 Å². The molecule has 4 N–H and O–H groups in total. The largest absolute Gasteiger partial charge is 0.365 e. The number of H-pyrrole nitrogens is 2. The minimum Gasteiger partial charge on any atom is -0.365 e. The minimum absolute atomic E-state index is 0.153. The third-order valence-electron chi connectivity index (χ3n) is 4.45. The van der Waals surface area contributed by atoms with Crippen LogP contribution in [0.5, 0.6) is 0 Å². The van der Waals surface area contributed by atoms with Gasteiger partial charge in [-0.05, 0) is 12.8 Å². The van der Waals surface area contributed by atoms with E-state index in [1.807, 2.05) is 6.92 Å². The van der Waals surface area contributed by atoms with Crippen LogP contribution in [0.3, 0.4) is 0 Å². The van der Waals surface area contributed by atoms with Crippen molar-refractivity contribution in [2.75, 3.05) is 13.1 Å². The number of carbonyl (C=O) groups excluding carboxylic acids is 1. The van der Waals surface area contributed by atoms with Crippen LogP contribution < -0.4 is 5.73 Å². The number of primary amides is 1. The van der Waals surface area contributed by atoms with Crippen LogP contribution in [0.2, 0.25) is 0 Å². The molecule has 3 heterocycles. The molecule has 1 aliphatic heterocycles. The number of nitrogens with zero attached hydrogens (tertiary/aromatic N) is 3. The van der Waals surface area contributed by atoms with Gasteiger partial charge in [0.25, 0.3) is 5.91 Å². The Morgan fingerprint density at radius 1 is 1.30 bits per heavy atom. The Hall–Kier alpha value is -2.20. The highest BCUT2D eigenvalue weighted by Crippen LogP contribution is 2.36. The molecule has 0 spiro atoms. The van der Waals surface area contributed by atoms with Gasteiger partial charge in [0.1, 0.15) is 4.90 Å². The van der Waals surface area contributed by atoms with Crippen molar-refractivity contribution in [2.45, 2.75) is 30.1 Å². The Labute approximate surface area is 133 Å². The van der Waals surface area contributed by atoms with Gasteiger partial charge < -0.3 is 5.73 Å². The molecule has 1 saturated heterocycles. The Bertz CT molecular complexity index is 803. The van der Waals surface area contributed by atoms with E-state index in [2.05, 4.69) is 20.4 Å². The third kappa shape index (κ3) is 2.63. The van der Waals surface area contributed by atoms with Crippen molar-refractivity contribution in [3.05, 3.63) is 29.8 Å². The molecule has 1 fully saturated rings. The SMILES string of the molecule is CC1(c2[nH]ncc2C(N)=O)CCN(S(=O)(=O)c2cn[nH]c2)CC1. The number of carbonyl (C=O) groups is 1. The van der Waals surface area contributed by atoms with Crippen molar-refractivity contribution in [1.29, 1.82) is 0 Å². The topological polar surface area (TPSA) is 138 Å². The van der Waals surface area contributed by atoms with Crippen molar-refractivity contribution in [3.8, 4) is 0 Å². The van der Waals surface area contributed by atoms with Gasteiger partial charge in [-0.15, -0.1) is 0 Å². The molecule has 9 nitrogen and oxygen atoms in total. The normalized spacial score (nSPS) is 18.8. The van der Waals surface area contributed by atoms with Crippen LogP contribution >= 0.6 is 0 Å². The highest BCUT2D eigenvalue weighted by atomic mass is 32.2. The van der Waals surface area contributed by atoms with E-state index in [0.717, 1.165) is 0 Å². The zero-order valence-electron chi connectivity index (χ0n) is 12.6. The van der Waals surface area contributed by atoms with E-state index in [1.165, 1.54) is 22.9 Å². The summed E-state index contributed by atoms with van der Waals surface area (Å²) in [7, 11) is -3.54. The summed E-state index contributed by atoms with van der Waals surface area (Å²) >= 11 is 0. The van der Waals surface area contributed by atoms with E-state index in [0.29, 0.717) is 37.2 Å². The molecule has 0 saturated carbocycles. The summed E-state index contributed by atoms with van der Waals surface area (Å²) in [5.74, 6) is -0.538. The number of amides is 1. The molecular formula is C13H18N6O3S. The first-order chi connectivity index (χ1) is 10.8. The summed E-state index contributed by atoms with van der Waals surface area (Å²) < 4.78 is 26.4. The van der Waals surface area contributed by atoms with Crippen LogP contribution in [0.1, 0.15) is 35.8 Å². The summed E-state index contributed by atoms with van der Waals surface area (Å²) in [4.78, 5) is 11.6. The number of hydrogen-bond donors (Lipinski definition) is 3. The predicted molar refractivity (Wildman–Crippen MR) is 81.0 cm³/mol. The van der Waals surface area contributed by atoms with Crippen LogP contribution in [0.4, 0.5) is 0 Å². The molecule has 3 rings (SSSR count). The van der Waals surface area contributed by atoms with E-state index >= 15 is 0 Å². The molecule has 0 aliphatic carbocycles. The Balaban J connectivity index is 1.80. The summed E-state index contributed by atoms with van der Waals surface area (Å²) in [5, 5.41) is 12.9. The van der Waals surface area contributed by atoms with Crippen LogP contribution in [-0.4, -0.2) is 52.1 Å². The average molecular weight is 338 g/mol. The van der Waals surface area contributed by atoms with Gasteiger partial charge in [0, 0.05) is 24.7 Å². The second-order valence-electron chi connectivity index (χ2n) is 5.92. The highest BCUT2D eigenvalue weighted by Gasteiger charge is 2.39. The fourth-order valence-corrected chi connectivity index (χ4v) is 4.28. The second kappa shape index (κ2) is 5.46. The van der Waals surface area contributed by atoms with Crippen molar-refractivity contribution < 1.29 is 13.2 Å². The molecule has 2 aromatic rings. The molecule has 0 radical (unpaired) electrons. The van der Waals surface area contributed by atoms with Gasteiger partial charge in [0.2, 0.25) is 10.0 Å². The fourth-order valence-electron chi connectivity index (χ4n) is 2.93. The second-order valence-corrected chi connectivity index (χ2v) is 7.86. The van der Waals surface area contributed by atoms with Crippen molar-refractivity contribution in [3.63, 3.8) is 0 Å². The number of nitrogens with two attached hydrogens (primary N) is 1. The molecular weight excluding hydrogens is 320 g/mol. The Kier molecular flexibility index (Phi) is 3.72. The lowest BCUT2D eigenvalue weighted by Crippen LogP contribution is -2.44. The molecule has 0 bridgehead atoms. The lowest BCUT2D eigenvalue weighted by molar-refractivity contribution is 0.0996. The van der Waals surface area contributed by atoms with Gasteiger partial charge in [0.05, 0.1) is 23.7 Å². The van der Waals surface area contributed by atoms with Gasteiger partial charge in [-0.1, -0.05) is 6.92 Å². The number of nitrogens with one attached hydrogen (secondary N) is 2. The van der Waals surface area contributed by atoms with Gasteiger partial charge in [-0.2, -0.15) is 14.5 Å². The first kappa shape index (κ1) is 15.7. The third-order valence-corrected chi connectivity index (χ3v) is 6.31. The van der Waals surface area contributed by atoms with Crippen molar-refractivity contribution in [2.24, 2.45) is 5.73 Å². The molecule has 0 aromatic carbocycles. The molecule has 23 heavy (non-hydrogen) atoms. The number of sulfonamides is 1. The number of aromatic amines is 2. The Morgan fingerprint density at radius 3 is 2.57 bits per heavy atom. The van der Waals surface area contributed by atoms with Crippen LogP contribution in [-0.2, 0) is 15.4 Å². The molecule has 2 aromatic heterocycles. The summed E-state index contributed by atoms with van der Waals surface area (Å²) in [6.07, 6.45) is 5.20. The lowest BCUT2D eigenvalue weighted by Gasteiger charge is -2.38. The number of piperidine rings is 1. The maximum Gasteiger partial charge on any atom is 0.252 e. The summed E-state index contributed by atoms with van der Waals surface area (Å²) in [6, 6.07) is 0. The number of aromatic nitrogens is 4. The van der Waals surface area contributed by atoms with Gasteiger partial charge in [-0.3, -0.25) is 15.0 Å². The maximum absolute atomic E-state index is 12.5. The standard InChI is InChI=1S/C13H18N6O3S/c1-13(11-10(12(14)20)8-17-18-11)2-4-19(5-3-13)23(21,22)9-6-15-16-7-9/h6-8H,2-5H2,1H3,(H2,14,20)(H,15,16)(H,17,18). The molecule has 1 amide bonds. The summed E-state index contributed by atoms with van der Waals surface area (Å²) in [6.45, 7) is 2.68. The number of rotatable bonds is 4. The van der Waals surface area contributed by atoms with E-state index < -0.39 is 15.9 Å². The lowest BCUT2D eigenvalue weighted by atomic mass is 9.76. The Morgan fingerprint density at radius 2 is 2.00 bits per heavy atom. The van der Waals surface area contributed by atoms with Gasteiger partial charge in [-0.25, -0.2) is 8.42 Å². The van der Waals surface area contributed by atoms with E-state index in [-0.39, 0.29) is 10.3 Å². The van der Waals surface area contributed by atoms with Gasteiger partial charge >= 0.3 is 0 Å². The smallest absolute Gasteiger partial charge is 0.252 e. The predicted octanol–water partition coefficient (Wildman–Crippen LogP) is -0.0259. The minimum atomic E-state index is -3.54. The molecule has 0 atom stereocenters. The molecule has 10 heteroatoms. The monoisotopic (exact) mass is 338 g/mol. The van der Waals surface area contributed by atoms with Gasteiger partial charge in [0.15, 0.2) is 0 Å². The van der Waals surface area contributed by atoms with Crippen LogP contribution in [0.15, 0.2) is 23.5 Å². The summed E-state index contributed by atoms with van der Waals surface area (Å²) in [5.41, 5.74) is 6.03. The van der Waals surface area contributed by atoms with E-state index in [9.17, 15) is 13.2 Å². The molecule has 1 aliphatic rings. The zero-order valence-corrected chi connectivity index (χ0v) is 13.4. The molecule has 0 unspecified atom stereocenters. The zero-order chi connectivity index (χ0) is 16.7. The number of hydrogen-bond acceptors (Lipinski definition) is 5. The van der Waals surface area contributed by atoms with Crippen LogP contribution in [0, 0.1) is 0 Å². The van der Waals surface area contributed by atoms with Crippen LogP contribution in [0.25, 0.3) is 0 Å². The first-order valence-corrected chi connectivity index (χ1v) is 8.61. The van der Waals surface area contributed by atoms with E-state index in [1.54, 1.807) is 0 Å². The fraction of sp³-hybridized carbons (Fsp3) is 0.462. The molecule has 124 valence electrons. The quantitative estimate of drug-likeness (QED) is 0.719. The first-order valence-electron chi connectivity index (χ1n) is 7.17. The average Bonchev–Trinajstić information content (AvgIpc) is 3.19. The van der Waals surface area contributed by atoms with Crippen molar-refractivity contribution in [1.82, 2.24) is 24.7 Å².